The fraction of sp³-hybridized carbons (Fsp3) is 0.250. The first-order chi connectivity index (χ1) is 7.37. The van der Waals surface area contributed by atoms with Gasteiger partial charge in [0.15, 0.2) is 11.6 Å². The first-order valence-electron chi connectivity index (χ1n) is 3.87. The van der Waals surface area contributed by atoms with E-state index in [1.807, 2.05) is 0 Å². The predicted molar refractivity (Wildman–Crippen MR) is 46.6 cm³/mol. The lowest BCUT2D eigenvalue weighted by Crippen LogP contribution is -2.19. The summed E-state index contributed by atoms with van der Waals surface area (Å²) < 4.78 is 44.2. The van der Waals surface area contributed by atoms with E-state index in [4.69, 9.17) is 11.0 Å². The maximum absolute atomic E-state index is 12.0. The van der Waals surface area contributed by atoms with Crippen molar-refractivity contribution in [2.75, 3.05) is 12.8 Å². The van der Waals surface area contributed by atoms with Crippen LogP contribution in [-0.2, 0) is 0 Å². The van der Waals surface area contributed by atoms with E-state index < -0.39 is 17.9 Å². The van der Waals surface area contributed by atoms with Crippen molar-refractivity contribution in [3.05, 3.63) is 11.8 Å². The van der Waals surface area contributed by atoms with Gasteiger partial charge in [0.25, 0.3) is 0 Å². The molecule has 0 spiro atoms. The number of anilines is 1. The molecule has 86 valence electrons. The number of rotatable bonds is 2. The molecular weight excluding hydrogens is 227 g/mol. The lowest BCUT2D eigenvalue weighted by Gasteiger charge is -2.13. The highest BCUT2D eigenvalue weighted by Gasteiger charge is 2.34. The molecule has 0 fully saturated rings. The van der Waals surface area contributed by atoms with Crippen molar-refractivity contribution in [3.8, 4) is 17.6 Å². The second-order valence-electron chi connectivity index (χ2n) is 2.58. The van der Waals surface area contributed by atoms with Crippen LogP contribution < -0.4 is 15.2 Å². The number of halogens is 3. The van der Waals surface area contributed by atoms with E-state index in [1.54, 1.807) is 6.07 Å². The van der Waals surface area contributed by atoms with Crippen molar-refractivity contribution in [3.63, 3.8) is 0 Å². The van der Waals surface area contributed by atoms with Crippen LogP contribution in [0.2, 0.25) is 0 Å². The molecule has 0 saturated heterocycles. The van der Waals surface area contributed by atoms with E-state index in [2.05, 4.69) is 14.5 Å². The molecule has 0 radical (unpaired) electrons. The van der Waals surface area contributed by atoms with E-state index in [-0.39, 0.29) is 11.4 Å². The summed E-state index contributed by atoms with van der Waals surface area (Å²) in [6.45, 7) is 0. The molecule has 1 aromatic rings. The van der Waals surface area contributed by atoms with Gasteiger partial charge in [-0.25, -0.2) is 4.98 Å². The number of nitrogens with zero attached hydrogens (tertiary/aromatic N) is 2. The van der Waals surface area contributed by atoms with E-state index in [9.17, 15) is 13.2 Å². The predicted octanol–water partition coefficient (Wildman–Crippen LogP) is 1.44. The van der Waals surface area contributed by atoms with Gasteiger partial charge in [0, 0.05) is 6.07 Å². The molecule has 1 rings (SSSR count). The number of ether oxygens (including phenoxy) is 2. The number of pyridine rings is 1. The molecular formula is C8H6F3N3O2. The second kappa shape index (κ2) is 4.14. The zero-order chi connectivity index (χ0) is 12.3. The molecule has 0 bridgehead atoms. The standard InChI is InChI=1S/C8H6F3N3O2/c1-15-5-2-4(3-12)14-7(13)6(5)16-8(9,10)11/h2H,1H3,(H2,13,14). The van der Waals surface area contributed by atoms with E-state index >= 15 is 0 Å². The van der Waals surface area contributed by atoms with E-state index in [0.717, 1.165) is 13.2 Å². The Bertz CT molecular complexity index is 439. The molecule has 0 aliphatic carbocycles. The Balaban J connectivity index is 3.23. The number of alkyl halides is 3. The summed E-state index contributed by atoms with van der Waals surface area (Å²) in [5.74, 6) is -1.62. The van der Waals surface area contributed by atoms with Crippen molar-refractivity contribution in [2.24, 2.45) is 0 Å². The molecule has 0 aliphatic heterocycles. The highest BCUT2D eigenvalue weighted by Crippen LogP contribution is 2.36. The van der Waals surface area contributed by atoms with Crippen LogP contribution in [0, 0.1) is 11.3 Å². The van der Waals surface area contributed by atoms with Gasteiger partial charge in [-0.15, -0.1) is 13.2 Å². The van der Waals surface area contributed by atoms with Gasteiger partial charge in [-0.2, -0.15) is 5.26 Å². The molecule has 0 unspecified atom stereocenters. The zero-order valence-electron chi connectivity index (χ0n) is 8.00. The third-order valence-electron chi connectivity index (χ3n) is 1.52. The van der Waals surface area contributed by atoms with Gasteiger partial charge < -0.3 is 15.2 Å². The topological polar surface area (TPSA) is 81.2 Å². The third-order valence-corrected chi connectivity index (χ3v) is 1.52. The van der Waals surface area contributed by atoms with Crippen molar-refractivity contribution in [1.82, 2.24) is 4.98 Å². The van der Waals surface area contributed by atoms with Gasteiger partial charge in [0.1, 0.15) is 11.8 Å². The van der Waals surface area contributed by atoms with Crippen LogP contribution in [0.3, 0.4) is 0 Å². The molecule has 0 amide bonds. The van der Waals surface area contributed by atoms with Crippen molar-refractivity contribution in [1.29, 1.82) is 5.26 Å². The molecule has 16 heavy (non-hydrogen) atoms. The molecule has 0 aliphatic rings. The highest BCUT2D eigenvalue weighted by molar-refractivity contribution is 5.57. The molecule has 0 atom stereocenters. The van der Waals surface area contributed by atoms with Gasteiger partial charge in [-0.1, -0.05) is 0 Å². The quantitative estimate of drug-likeness (QED) is 0.835. The molecule has 1 heterocycles. The van der Waals surface area contributed by atoms with Crippen LogP contribution >= 0.6 is 0 Å². The summed E-state index contributed by atoms with van der Waals surface area (Å²) in [4.78, 5) is 3.40. The number of hydrogen-bond donors (Lipinski definition) is 1. The fourth-order valence-corrected chi connectivity index (χ4v) is 0.956. The molecule has 0 aromatic carbocycles. The van der Waals surface area contributed by atoms with Crippen molar-refractivity contribution >= 4 is 5.82 Å². The van der Waals surface area contributed by atoms with Crippen LogP contribution in [0.15, 0.2) is 6.07 Å². The summed E-state index contributed by atoms with van der Waals surface area (Å²) in [6.07, 6.45) is -4.91. The van der Waals surface area contributed by atoms with Crippen LogP contribution in [0.25, 0.3) is 0 Å². The van der Waals surface area contributed by atoms with Crippen LogP contribution in [0.1, 0.15) is 5.69 Å². The maximum Gasteiger partial charge on any atom is 0.573 e. The summed E-state index contributed by atoms with van der Waals surface area (Å²) >= 11 is 0. The summed E-state index contributed by atoms with van der Waals surface area (Å²) in [5.41, 5.74) is 5.05. The SMILES string of the molecule is COc1cc(C#N)nc(N)c1OC(F)(F)F. The second-order valence-corrected chi connectivity index (χ2v) is 2.58. The van der Waals surface area contributed by atoms with Crippen LogP contribution in [0.4, 0.5) is 19.0 Å². The molecule has 0 saturated carbocycles. The monoisotopic (exact) mass is 233 g/mol. The minimum absolute atomic E-state index is 0.163. The van der Waals surface area contributed by atoms with Crippen molar-refractivity contribution in [2.45, 2.75) is 6.36 Å². The number of nitrogens with two attached hydrogens (primary N) is 1. The lowest BCUT2D eigenvalue weighted by molar-refractivity contribution is -0.274. The first kappa shape index (κ1) is 11.9. The Kier molecular flexibility index (Phi) is 3.08. The Morgan fingerprint density at radius 2 is 2.12 bits per heavy atom. The summed E-state index contributed by atoms with van der Waals surface area (Å²) in [6, 6.07) is 2.62. The Morgan fingerprint density at radius 1 is 1.50 bits per heavy atom. The minimum atomic E-state index is -4.91. The van der Waals surface area contributed by atoms with Gasteiger partial charge in [-0.3, -0.25) is 0 Å². The smallest absolute Gasteiger partial charge is 0.493 e. The Morgan fingerprint density at radius 3 is 2.56 bits per heavy atom. The van der Waals surface area contributed by atoms with Gasteiger partial charge in [0.2, 0.25) is 5.75 Å². The Hall–Kier alpha value is -2.17. The van der Waals surface area contributed by atoms with Crippen LogP contribution in [0.5, 0.6) is 11.5 Å². The van der Waals surface area contributed by atoms with Crippen LogP contribution in [-0.4, -0.2) is 18.5 Å². The number of nitriles is 1. The van der Waals surface area contributed by atoms with E-state index in [0.29, 0.717) is 0 Å². The third kappa shape index (κ3) is 2.66. The number of hydrogen-bond acceptors (Lipinski definition) is 5. The molecule has 2 N–H and O–H groups in total. The van der Waals surface area contributed by atoms with Gasteiger partial charge >= 0.3 is 6.36 Å². The Labute approximate surface area is 88.2 Å². The van der Waals surface area contributed by atoms with Gasteiger partial charge in [-0.05, 0) is 0 Å². The summed E-state index contributed by atoms with van der Waals surface area (Å²) in [7, 11) is 1.12. The zero-order valence-corrected chi connectivity index (χ0v) is 8.00. The lowest BCUT2D eigenvalue weighted by atomic mass is 10.3. The largest absolute Gasteiger partial charge is 0.573 e. The molecule has 8 heteroatoms. The minimum Gasteiger partial charge on any atom is -0.493 e. The highest BCUT2D eigenvalue weighted by atomic mass is 19.4. The van der Waals surface area contributed by atoms with Crippen molar-refractivity contribution < 1.29 is 22.6 Å². The maximum atomic E-state index is 12.0. The number of methoxy groups -OCH3 is 1. The average molecular weight is 233 g/mol. The number of nitrogen functional groups attached to an aromatic ring is 1. The first-order valence-corrected chi connectivity index (χ1v) is 3.87. The fourth-order valence-electron chi connectivity index (χ4n) is 0.956. The normalized spacial score (nSPS) is 10.7. The molecule has 5 nitrogen and oxygen atoms in total. The van der Waals surface area contributed by atoms with E-state index in [1.165, 1.54) is 0 Å². The van der Waals surface area contributed by atoms with Gasteiger partial charge in [0.05, 0.1) is 7.11 Å². The number of aromatic nitrogens is 1. The summed E-state index contributed by atoms with van der Waals surface area (Å²) in [5, 5.41) is 8.52. The average Bonchev–Trinajstić information content (AvgIpc) is 2.19. The molecule has 1 aromatic heterocycles.